The summed E-state index contributed by atoms with van der Waals surface area (Å²) < 4.78 is 16.2. The topological polar surface area (TPSA) is 44.8 Å². The first-order valence-electron chi connectivity index (χ1n) is 6.89. The Hall–Kier alpha value is -1.55. The van der Waals surface area contributed by atoms with E-state index >= 15 is 0 Å². The fourth-order valence-electron chi connectivity index (χ4n) is 2.37. The maximum absolute atomic E-state index is 12.2. The molecule has 1 aliphatic heterocycles. The predicted molar refractivity (Wildman–Crippen MR) is 75.9 cm³/mol. The summed E-state index contributed by atoms with van der Waals surface area (Å²) in [4.78, 5) is 12.2. The first-order valence-corrected chi connectivity index (χ1v) is 6.89. The van der Waals surface area contributed by atoms with Crippen LogP contribution in [0.5, 0.6) is 5.75 Å². The number of methoxy groups -OCH3 is 1. The minimum Gasteiger partial charge on any atom is -0.497 e. The third kappa shape index (κ3) is 3.51. The van der Waals surface area contributed by atoms with E-state index in [1.54, 1.807) is 7.11 Å². The Balaban J connectivity index is 2.12. The van der Waals surface area contributed by atoms with Gasteiger partial charge in [-0.25, -0.2) is 4.79 Å². The van der Waals surface area contributed by atoms with Gasteiger partial charge in [0.1, 0.15) is 11.4 Å². The zero-order valence-electron chi connectivity index (χ0n) is 12.5. The number of hydrogen-bond acceptors (Lipinski definition) is 4. The first-order chi connectivity index (χ1) is 9.40. The van der Waals surface area contributed by atoms with E-state index in [-0.39, 0.29) is 11.9 Å². The van der Waals surface area contributed by atoms with Gasteiger partial charge in [0.25, 0.3) is 0 Å². The summed E-state index contributed by atoms with van der Waals surface area (Å²) in [5, 5.41) is 0. The molecule has 1 heterocycles. The number of ether oxygens (including phenoxy) is 3. The third-order valence-corrected chi connectivity index (χ3v) is 3.27. The average Bonchev–Trinajstić information content (AvgIpc) is 2.86. The van der Waals surface area contributed by atoms with Gasteiger partial charge in [0, 0.05) is 12.5 Å². The van der Waals surface area contributed by atoms with Crippen molar-refractivity contribution in [2.24, 2.45) is 0 Å². The average molecular weight is 278 g/mol. The van der Waals surface area contributed by atoms with Crippen LogP contribution in [0.3, 0.4) is 0 Å². The van der Waals surface area contributed by atoms with Crippen LogP contribution in [0.1, 0.15) is 38.7 Å². The molecule has 4 nitrogen and oxygen atoms in total. The van der Waals surface area contributed by atoms with E-state index < -0.39 is 11.7 Å². The molecule has 0 unspecified atom stereocenters. The SMILES string of the molecule is COc1ccc([C@@H]2CCO[C@@H]2C(=O)OC(C)(C)C)cc1. The molecule has 0 radical (unpaired) electrons. The molecular formula is C16H22O4. The Morgan fingerprint density at radius 3 is 2.45 bits per heavy atom. The smallest absolute Gasteiger partial charge is 0.336 e. The van der Waals surface area contributed by atoms with Crippen molar-refractivity contribution in [1.82, 2.24) is 0 Å². The normalized spacial score (nSPS) is 22.6. The van der Waals surface area contributed by atoms with Gasteiger partial charge in [-0.05, 0) is 44.9 Å². The maximum atomic E-state index is 12.2. The van der Waals surface area contributed by atoms with Crippen molar-refractivity contribution < 1.29 is 19.0 Å². The van der Waals surface area contributed by atoms with Crippen LogP contribution >= 0.6 is 0 Å². The Morgan fingerprint density at radius 1 is 1.25 bits per heavy atom. The van der Waals surface area contributed by atoms with Crippen molar-refractivity contribution in [3.8, 4) is 5.75 Å². The molecule has 0 bridgehead atoms. The maximum Gasteiger partial charge on any atom is 0.336 e. The molecule has 0 aliphatic carbocycles. The monoisotopic (exact) mass is 278 g/mol. The molecule has 1 fully saturated rings. The van der Waals surface area contributed by atoms with Crippen LogP contribution in [0, 0.1) is 0 Å². The molecule has 0 saturated carbocycles. The molecule has 0 aromatic heterocycles. The Labute approximate surface area is 120 Å². The van der Waals surface area contributed by atoms with E-state index in [2.05, 4.69) is 0 Å². The summed E-state index contributed by atoms with van der Waals surface area (Å²) in [6.45, 7) is 6.17. The molecule has 1 aromatic rings. The minimum absolute atomic E-state index is 0.0516. The van der Waals surface area contributed by atoms with Crippen LogP contribution in [0.2, 0.25) is 0 Å². The van der Waals surface area contributed by atoms with Crippen molar-refractivity contribution >= 4 is 5.97 Å². The van der Waals surface area contributed by atoms with Crippen LogP contribution in [-0.2, 0) is 14.3 Å². The van der Waals surface area contributed by atoms with Crippen molar-refractivity contribution in [2.75, 3.05) is 13.7 Å². The second-order valence-electron chi connectivity index (χ2n) is 5.99. The molecule has 0 spiro atoms. The van der Waals surface area contributed by atoms with Crippen molar-refractivity contribution in [2.45, 2.75) is 44.8 Å². The Bertz CT molecular complexity index is 458. The molecule has 1 aliphatic rings. The number of esters is 1. The second kappa shape index (κ2) is 5.83. The molecule has 1 saturated heterocycles. The van der Waals surface area contributed by atoms with Crippen LogP contribution < -0.4 is 4.74 Å². The number of hydrogen-bond donors (Lipinski definition) is 0. The Kier molecular flexibility index (Phi) is 4.33. The lowest BCUT2D eigenvalue weighted by atomic mass is 9.92. The lowest BCUT2D eigenvalue weighted by Gasteiger charge is -2.24. The third-order valence-electron chi connectivity index (χ3n) is 3.27. The van der Waals surface area contributed by atoms with Gasteiger partial charge in [-0.15, -0.1) is 0 Å². The fraction of sp³-hybridized carbons (Fsp3) is 0.562. The molecule has 0 N–H and O–H groups in total. The molecule has 1 aromatic carbocycles. The molecule has 110 valence electrons. The fourth-order valence-corrected chi connectivity index (χ4v) is 2.37. The van der Waals surface area contributed by atoms with Crippen LogP contribution in [0.4, 0.5) is 0 Å². The standard InChI is InChI=1S/C16H22O4/c1-16(2,3)20-15(17)14-13(9-10-19-14)11-5-7-12(18-4)8-6-11/h5-8,13-14H,9-10H2,1-4H3/t13-,14-/m0/s1. The lowest BCUT2D eigenvalue weighted by molar-refractivity contribution is -0.166. The molecule has 4 heteroatoms. The van der Waals surface area contributed by atoms with E-state index in [1.165, 1.54) is 0 Å². The van der Waals surface area contributed by atoms with E-state index in [4.69, 9.17) is 14.2 Å². The Morgan fingerprint density at radius 2 is 1.90 bits per heavy atom. The van der Waals surface area contributed by atoms with Gasteiger partial charge in [0.05, 0.1) is 7.11 Å². The number of benzene rings is 1. The summed E-state index contributed by atoms with van der Waals surface area (Å²) >= 11 is 0. The largest absolute Gasteiger partial charge is 0.497 e. The van der Waals surface area contributed by atoms with Crippen LogP contribution in [0.25, 0.3) is 0 Å². The molecular weight excluding hydrogens is 256 g/mol. The van der Waals surface area contributed by atoms with Gasteiger partial charge >= 0.3 is 5.97 Å². The molecule has 2 rings (SSSR count). The predicted octanol–water partition coefficient (Wildman–Crippen LogP) is 2.91. The lowest BCUT2D eigenvalue weighted by Crippen LogP contribution is -2.34. The summed E-state index contributed by atoms with van der Waals surface area (Å²) in [6, 6.07) is 7.77. The van der Waals surface area contributed by atoms with Crippen LogP contribution in [-0.4, -0.2) is 31.4 Å². The molecule has 0 amide bonds. The zero-order chi connectivity index (χ0) is 14.8. The zero-order valence-corrected chi connectivity index (χ0v) is 12.5. The van der Waals surface area contributed by atoms with Crippen LogP contribution in [0.15, 0.2) is 24.3 Å². The highest BCUT2D eigenvalue weighted by Crippen LogP contribution is 2.33. The number of rotatable bonds is 3. The van der Waals surface area contributed by atoms with Gasteiger partial charge < -0.3 is 14.2 Å². The summed E-state index contributed by atoms with van der Waals surface area (Å²) in [5.74, 6) is 0.577. The highest BCUT2D eigenvalue weighted by Gasteiger charge is 2.38. The van der Waals surface area contributed by atoms with E-state index in [0.29, 0.717) is 6.61 Å². The summed E-state index contributed by atoms with van der Waals surface area (Å²) in [6.07, 6.45) is 0.318. The van der Waals surface area contributed by atoms with Gasteiger partial charge in [-0.3, -0.25) is 0 Å². The summed E-state index contributed by atoms with van der Waals surface area (Å²) in [7, 11) is 1.64. The first kappa shape index (κ1) is 14.9. The van der Waals surface area contributed by atoms with Crippen molar-refractivity contribution in [3.05, 3.63) is 29.8 Å². The van der Waals surface area contributed by atoms with E-state index in [9.17, 15) is 4.79 Å². The van der Waals surface area contributed by atoms with Gasteiger partial charge in [-0.2, -0.15) is 0 Å². The quantitative estimate of drug-likeness (QED) is 0.797. The highest BCUT2D eigenvalue weighted by atomic mass is 16.6. The van der Waals surface area contributed by atoms with Gasteiger partial charge in [0.2, 0.25) is 0 Å². The van der Waals surface area contributed by atoms with Gasteiger partial charge in [0.15, 0.2) is 6.10 Å². The summed E-state index contributed by atoms with van der Waals surface area (Å²) in [5.41, 5.74) is 0.590. The highest BCUT2D eigenvalue weighted by molar-refractivity contribution is 5.77. The number of carbonyl (C=O) groups is 1. The van der Waals surface area contributed by atoms with E-state index in [1.807, 2.05) is 45.0 Å². The van der Waals surface area contributed by atoms with Gasteiger partial charge in [-0.1, -0.05) is 12.1 Å². The van der Waals surface area contributed by atoms with Crippen molar-refractivity contribution in [3.63, 3.8) is 0 Å². The molecule has 2 atom stereocenters. The number of carbonyl (C=O) groups excluding carboxylic acids is 1. The second-order valence-corrected chi connectivity index (χ2v) is 5.99. The van der Waals surface area contributed by atoms with E-state index in [0.717, 1.165) is 17.7 Å². The minimum atomic E-state index is -0.511. The van der Waals surface area contributed by atoms with Crippen molar-refractivity contribution in [1.29, 1.82) is 0 Å². The molecule has 20 heavy (non-hydrogen) atoms.